The van der Waals surface area contributed by atoms with E-state index in [4.69, 9.17) is 4.74 Å². The van der Waals surface area contributed by atoms with Gasteiger partial charge in [0.2, 0.25) is 5.91 Å². The number of ether oxygens (including phenoxy) is 1. The molecule has 1 N–H and O–H groups in total. The van der Waals surface area contributed by atoms with E-state index in [1.54, 1.807) is 0 Å². The van der Waals surface area contributed by atoms with Crippen molar-refractivity contribution in [3.05, 3.63) is 64.2 Å². The third kappa shape index (κ3) is 4.73. The number of carbonyl (C=O) groups excluding carboxylic acids is 1. The summed E-state index contributed by atoms with van der Waals surface area (Å²) in [5.74, 6) is 0.813. The first kappa shape index (κ1) is 17.8. The van der Waals surface area contributed by atoms with Crippen molar-refractivity contribution in [1.82, 2.24) is 0 Å². The number of nitrogens with zero attached hydrogens (tertiary/aromatic N) is 1. The predicted molar refractivity (Wildman–Crippen MR) is 95.5 cm³/mol. The van der Waals surface area contributed by atoms with Crippen LogP contribution in [0.1, 0.15) is 12.5 Å². The summed E-state index contributed by atoms with van der Waals surface area (Å²) < 4.78 is 5.12. The summed E-state index contributed by atoms with van der Waals surface area (Å²) in [5, 5.41) is 13.3. The fourth-order valence-electron chi connectivity index (χ4n) is 2.00. The Morgan fingerprint density at radius 3 is 2.62 bits per heavy atom. The van der Waals surface area contributed by atoms with Gasteiger partial charge in [-0.1, -0.05) is 30.3 Å². The maximum absolute atomic E-state index is 12.3. The number of carbonyl (C=O) groups is 1. The number of methoxy groups -OCH3 is 1. The molecule has 0 aliphatic rings. The van der Waals surface area contributed by atoms with Crippen molar-refractivity contribution in [3.63, 3.8) is 0 Å². The molecule has 0 aliphatic heterocycles. The van der Waals surface area contributed by atoms with Crippen LogP contribution in [0.4, 0.5) is 11.4 Å². The van der Waals surface area contributed by atoms with Crippen LogP contribution >= 0.6 is 11.8 Å². The summed E-state index contributed by atoms with van der Waals surface area (Å²) in [4.78, 5) is 22.6. The van der Waals surface area contributed by atoms with Crippen LogP contribution in [-0.2, 0) is 10.5 Å². The summed E-state index contributed by atoms with van der Waals surface area (Å²) in [5.41, 5.74) is 1.48. The van der Waals surface area contributed by atoms with Gasteiger partial charge in [0.05, 0.1) is 29.0 Å². The highest BCUT2D eigenvalue weighted by Gasteiger charge is 2.17. The van der Waals surface area contributed by atoms with Gasteiger partial charge in [0.25, 0.3) is 5.69 Å². The lowest BCUT2D eigenvalue weighted by Crippen LogP contribution is -2.22. The second-order valence-electron chi connectivity index (χ2n) is 5.07. The van der Waals surface area contributed by atoms with Gasteiger partial charge in [0.1, 0.15) is 5.75 Å². The van der Waals surface area contributed by atoms with Crippen molar-refractivity contribution in [1.29, 1.82) is 0 Å². The molecule has 0 saturated carbocycles. The lowest BCUT2D eigenvalue weighted by Gasteiger charge is -2.14. The zero-order valence-corrected chi connectivity index (χ0v) is 14.2. The van der Waals surface area contributed by atoms with E-state index in [-0.39, 0.29) is 22.6 Å². The molecule has 24 heavy (non-hydrogen) atoms. The summed E-state index contributed by atoms with van der Waals surface area (Å²) in [6.07, 6.45) is 0. The molecule has 0 fully saturated rings. The van der Waals surface area contributed by atoms with Crippen molar-refractivity contribution in [3.8, 4) is 5.75 Å². The zero-order chi connectivity index (χ0) is 17.5. The molecule has 2 rings (SSSR count). The number of nitro benzene ring substituents is 1. The Bertz CT molecular complexity index is 722. The first-order chi connectivity index (χ1) is 11.5. The zero-order valence-electron chi connectivity index (χ0n) is 13.4. The molecule has 0 aromatic heterocycles. The SMILES string of the molecule is COc1cc([N+](=O)[O-])ccc1NC(=O)[C@@H](C)SCc1ccccc1. The van der Waals surface area contributed by atoms with E-state index >= 15 is 0 Å². The molecule has 7 heteroatoms. The van der Waals surface area contributed by atoms with E-state index in [2.05, 4.69) is 5.32 Å². The molecular formula is C17H18N2O4S. The number of nitro groups is 1. The molecule has 126 valence electrons. The van der Waals surface area contributed by atoms with Crippen LogP contribution in [0.2, 0.25) is 0 Å². The molecule has 0 spiro atoms. The summed E-state index contributed by atoms with van der Waals surface area (Å²) >= 11 is 1.52. The van der Waals surface area contributed by atoms with Gasteiger partial charge >= 0.3 is 0 Å². The Morgan fingerprint density at radius 1 is 1.29 bits per heavy atom. The maximum Gasteiger partial charge on any atom is 0.273 e. The first-order valence-corrected chi connectivity index (χ1v) is 8.35. The quantitative estimate of drug-likeness (QED) is 0.608. The maximum atomic E-state index is 12.3. The molecule has 2 aromatic carbocycles. The minimum atomic E-state index is -0.507. The van der Waals surface area contributed by atoms with Crippen LogP contribution in [-0.4, -0.2) is 23.2 Å². The second-order valence-corrected chi connectivity index (χ2v) is 6.40. The van der Waals surface area contributed by atoms with Gasteiger partial charge in [-0.15, -0.1) is 11.8 Å². The van der Waals surface area contributed by atoms with Crippen LogP contribution < -0.4 is 10.1 Å². The van der Waals surface area contributed by atoms with Crippen LogP contribution in [0.25, 0.3) is 0 Å². The predicted octanol–water partition coefficient (Wildman–Crippen LogP) is 3.86. The highest BCUT2D eigenvalue weighted by Crippen LogP contribution is 2.29. The monoisotopic (exact) mass is 346 g/mol. The molecule has 0 unspecified atom stereocenters. The van der Waals surface area contributed by atoms with E-state index < -0.39 is 4.92 Å². The van der Waals surface area contributed by atoms with Crippen LogP contribution in [0.3, 0.4) is 0 Å². The number of thioether (sulfide) groups is 1. The second kappa shape index (κ2) is 8.35. The minimum absolute atomic E-state index is 0.0867. The molecule has 0 bridgehead atoms. The number of non-ortho nitro benzene ring substituents is 1. The van der Waals surface area contributed by atoms with Crippen molar-refractivity contribution >= 4 is 29.0 Å². The molecule has 1 atom stereocenters. The smallest absolute Gasteiger partial charge is 0.273 e. The Balaban J connectivity index is 1.99. The fourth-order valence-corrected chi connectivity index (χ4v) is 2.85. The molecule has 1 amide bonds. The molecular weight excluding hydrogens is 328 g/mol. The van der Waals surface area contributed by atoms with Crippen LogP contribution in [0.15, 0.2) is 48.5 Å². The summed E-state index contributed by atoms with van der Waals surface area (Å²) in [7, 11) is 1.41. The van der Waals surface area contributed by atoms with Crippen molar-refractivity contribution < 1.29 is 14.5 Å². The van der Waals surface area contributed by atoms with E-state index in [1.807, 2.05) is 37.3 Å². The number of hydrogen-bond donors (Lipinski definition) is 1. The Kier molecular flexibility index (Phi) is 6.20. The molecule has 0 radical (unpaired) electrons. The third-order valence-corrected chi connectivity index (χ3v) is 4.58. The number of rotatable bonds is 7. The van der Waals surface area contributed by atoms with Gasteiger partial charge in [-0.2, -0.15) is 0 Å². The number of hydrogen-bond acceptors (Lipinski definition) is 5. The Labute approximate surface area is 144 Å². The fraction of sp³-hybridized carbons (Fsp3) is 0.235. The topological polar surface area (TPSA) is 81.5 Å². The van der Waals surface area contributed by atoms with Crippen molar-refractivity contribution in [2.75, 3.05) is 12.4 Å². The Hall–Kier alpha value is -2.54. The molecule has 0 saturated heterocycles. The highest BCUT2D eigenvalue weighted by molar-refractivity contribution is 7.99. The normalized spacial score (nSPS) is 11.6. The lowest BCUT2D eigenvalue weighted by molar-refractivity contribution is -0.384. The number of amides is 1. The van der Waals surface area contributed by atoms with Crippen LogP contribution in [0, 0.1) is 10.1 Å². The standard InChI is InChI=1S/C17H18N2O4S/c1-12(24-11-13-6-4-3-5-7-13)17(20)18-15-9-8-14(19(21)22)10-16(15)23-2/h3-10,12H,11H2,1-2H3,(H,18,20)/t12-/m1/s1. The van der Waals surface area contributed by atoms with Crippen molar-refractivity contribution in [2.24, 2.45) is 0 Å². The summed E-state index contributed by atoms with van der Waals surface area (Å²) in [6, 6.07) is 14.0. The van der Waals surface area contributed by atoms with E-state index in [0.717, 1.165) is 11.3 Å². The summed E-state index contributed by atoms with van der Waals surface area (Å²) in [6.45, 7) is 1.82. The van der Waals surface area contributed by atoms with Gasteiger partial charge in [0, 0.05) is 11.8 Å². The van der Waals surface area contributed by atoms with Gasteiger partial charge in [-0.05, 0) is 18.6 Å². The highest BCUT2D eigenvalue weighted by atomic mass is 32.2. The molecule has 6 nitrogen and oxygen atoms in total. The van der Waals surface area contributed by atoms with Gasteiger partial charge < -0.3 is 10.1 Å². The van der Waals surface area contributed by atoms with E-state index in [0.29, 0.717) is 5.69 Å². The van der Waals surface area contributed by atoms with Gasteiger partial charge in [0.15, 0.2) is 0 Å². The van der Waals surface area contributed by atoms with E-state index in [1.165, 1.54) is 37.1 Å². The number of benzene rings is 2. The molecule has 0 heterocycles. The minimum Gasteiger partial charge on any atom is -0.494 e. The van der Waals surface area contributed by atoms with Gasteiger partial charge in [-0.25, -0.2) is 0 Å². The average Bonchev–Trinajstić information content (AvgIpc) is 2.60. The molecule has 2 aromatic rings. The number of nitrogens with one attached hydrogen (secondary N) is 1. The first-order valence-electron chi connectivity index (χ1n) is 7.30. The van der Waals surface area contributed by atoms with Crippen LogP contribution in [0.5, 0.6) is 5.75 Å². The van der Waals surface area contributed by atoms with Crippen molar-refractivity contribution in [2.45, 2.75) is 17.9 Å². The lowest BCUT2D eigenvalue weighted by atomic mass is 10.2. The number of anilines is 1. The molecule has 0 aliphatic carbocycles. The van der Waals surface area contributed by atoms with E-state index in [9.17, 15) is 14.9 Å². The average molecular weight is 346 g/mol. The third-order valence-electron chi connectivity index (χ3n) is 3.37. The van der Waals surface area contributed by atoms with Gasteiger partial charge in [-0.3, -0.25) is 14.9 Å². The largest absolute Gasteiger partial charge is 0.494 e. The Morgan fingerprint density at radius 2 is 2.00 bits per heavy atom.